The summed E-state index contributed by atoms with van der Waals surface area (Å²) in [7, 11) is 1.71. The first-order valence-corrected chi connectivity index (χ1v) is 6.71. The van der Waals surface area contributed by atoms with Crippen LogP contribution in [0.15, 0.2) is 54.6 Å². The molecule has 3 heteroatoms. The number of fused-ring (bicyclic) bond motifs is 1. The van der Waals surface area contributed by atoms with E-state index in [-0.39, 0.29) is 11.8 Å². The Hall–Kier alpha value is -2.16. The summed E-state index contributed by atoms with van der Waals surface area (Å²) in [6.07, 6.45) is 0. The summed E-state index contributed by atoms with van der Waals surface area (Å²) in [5.41, 5.74) is 2.88. The van der Waals surface area contributed by atoms with Gasteiger partial charge in [0.25, 0.3) is 0 Å². The number of benzene rings is 2. The molecule has 0 spiro atoms. The van der Waals surface area contributed by atoms with Gasteiger partial charge in [-0.25, -0.2) is 0 Å². The van der Waals surface area contributed by atoms with Crippen LogP contribution < -0.4 is 4.90 Å². The number of hydrogen-bond donors (Lipinski definition) is 0. The highest BCUT2D eigenvalue weighted by molar-refractivity contribution is 5.99. The second-order valence-electron chi connectivity index (χ2n) is 5.11. The molecule has 2 aromatic carbocycles. The van der Waals surface area contributed by atoms with Crippen molar-refractivity contribution in [1.29, 1.82) is 0 Å². The Balaban J connectivity index is 2.19. The Morgan fingerprint density at radius 2 is 1.70 bits per heavy atom. The Labute approximate surface area is 117 Å². The van der Waals surface area contributed by atoms with Gasteiger partial charge in [0.1, 0.15) is 6.67 Å². The highest BCUT2D eigenvalue weighted by Gasteiger charge is 2.39. The Morgan fingerprint density at radius 3 is 2.40 bits per heavy atom. The van der Waals surface area contributed by atoms with Crippen molar-refractivity contribution >= 4 is 11.6 Å². The van der Waals surface area contributed by atoms with Crippen LogP contribution in [0.25, 0.3) is 0 Å². The number of nitrogens with zero attached hydrogens (tertiary/aromatic N) is 1. The molecule has 2 unspecified atom stereocenters. The zero-order chi connectivity index (χ0) is 14.1. The summed E-state index contributed by atoms with van der Waals surface area (Å²) in [6, 6.07) is 17.4. The van der Waals surface area contributed by atoms with E-state index >= 15 is 0 Å². The summed E-state index contributed by atoms with van der Waals surface area (Å²) in [5.74, 6) is -1.00. The molecule has 0 aromatic heterocycles. The number of anilines is 1. The summed E-state index contributed by atoms with van der Waals surface area (Å²) in [5, 5.41) is 0. The Kier molecular flexibility index (Phi) is 3.26. The molecule has 0 radical (unpaired) electrons. The van der Waals surface area contributed by atoms with E-state index in [9.17, 15) is 9.18 Å². The first-order valence-electron chi connectivity index (χ1n) is 6.71. The predicted molar refractivity (Wildman–Crippen MR) is 77.6 cm³/mol. The first kappa shape index (κ1) is 12.9. The van der Waals surface area contributed by atoms with Crippen molar-refractivity contribution in [1.82, 2.24) is 0 Å². The fourth-order valence-corrected chi connectivity index (χ4v) is 3.01. The lowest BCUT2D eigenvalue weighted by Crippen LogP contribution is -2.42. The van der Waals surface area contributed by atoms with E-state index in [4.69, 9.17) is 0 Å². The molecule has 20 heavy (non-hydrogen) atoms. The molecule has 0 bridgehead atoms. The lowest BCUT2D eigenvalue weighted by molar-refractivity contribution is -0.123. The molecule has 1 amide bonds. The second-order valence-corrected chi connectivity index (χ2v) is 5.11. The first-order chi connectivity index (χ1) is 9.74. The molecule has 1 aliphatic rings. The van der Waals surface area contributed by atoms with Crippen LogP contribution in [0.1, 0.15) is 17.0 Å². The van der Waals surface area contributed by atoms with E-state index in [0.717, 1.165) is 16.8 Å². The maximum atomic E-state index is 13.5. The van der Waals surface area contributed by atoms with Crippen molar-refractivity contribution in [2.24, 2.45) is 5.92 Å². The van der Waals surface area contributed by atoms with Crippen molar-refractivity contribution in [2.45, 2.75) is 5.92 Å². The van der Waals surface area contributed by atoms with Crippen molar-refractivity contribution < 1.29 is 9.18 Å². The number of rotatable bonds is 2. The molecule has 2 aromatic rings. The van der Waals surface area contributed by atoms with Gasteiger partial charge in [0, 0.05) is 18.7 Å². The monoisotopic (exact) mass is 269 g/mol. The number of hydrogen-bond acceptors (Lipinski definition) is 1. The highest BCUT2D eigenvalue weighted by Crippen LogP contribution is 2.42. The van der Waals surface area contributed by atoms with Gasteiger partial charge in [0.15, 0.2) is 0 Å². The van der Waals surface area contributed by atoms with Crippen molar-refractivity contribution in [3.63, 3.8) is 0 Å². The topological polar surface area (TPSA) is 20.3 Å². The number of carbonyl (C=O) groups excluding carboxylic acids is 1. The van der Waals surface area contributed by atoms with Gasteiger partial charge in [0.05, 0.1) is 5.92 Å². The maximum absolute atomic E-state index is 13.5. The molecule has 0 fully saturated rings. The zero-order valence-electron chi connectivity index (χ0n) is 11.3. The zero-order valence-corrected chi connectivity index (χ0v) is 11.3. The molecule has 2 nitrogen and oxygen atoms in total. The predicted octanol–water partition coefficient (Wildman–Crippen LogP) is 3.38. The quantitative estimate of drug-likeness (QED) is 0.818. The smallest absolute Gasteiger partial charge is 0.233 e. The molecule has 1 heterocycles. The van der Waals surface area contributed by atoms with E-state index in [0.29, 0.717) is 0 Å². The van der Waals surface area contributed by atoms with Crippen molar-refractivity contribution in [3.05, 3.63) is 65.7 Å². The van der Waals surface area contributed by atoms with Crippen LogP contribution in [-0.2, 0) is 4.79 Å². The molecule has 0 saturated carbocycles. The Morgan fingerprint density at radius 1 is 1.05 bits per heavy atom. The van der Waals surface area contributed by atoms with Gasteiger partial charge in [-0.1, -0.05) is 48.5 Å². The van der Waals surface area contributed by atoms with Crippen LogP contribution in [0.2, 0.25) is 0 Å². The van der Waals surface area contributed by atoms with E-state index in [2.05, 4.69) is 0 Å². The van der Waals surface area contributed by atoms with Gasteiger partial charge in [-0.2, -0.15) is 0 Å². The van der Waals surface area contributed by atoms with Crippen molar-refractivity contribution in [3.8, 4) is 0 Å². The fourth-order valence-electron chi connectivity index (χ4n) is 3.01. The lowest BCUT2D eigenvalue weighted by atomic mass is 9.77. The molecule has 3 rings (SSSR count). The third-order valence-electron chi connectivity index (χ3n) is 4.01. The average Bonchev–Trinajstić information content (AvgIpc) is 2.51. The number of amides is 1. The summed E-state index contributed by atoms with van der Waals surface area (Å²) < 4.78 is 13.5. The SMILES string of the molecule is CN1C(=O)C(CF)C(c2ccccc2)c2ccccc21. The Bertz CT molecular complexity index is 626. The average molecular weight is 269 g/mol. The van der Waals surface area contributed by atoms with Crippen LogP contribution in [0.3, 0.4) is 0 Å². The molecular formula is C17H16FNO. The van der Waals surface area contributed by atoms with Gasteiger partial charge >= 0.3 is 0 Å². The lowest BCUT2D eigenvalue weighted by Gasteiger charge is -2.37. The molecule has 102 valence electrons. The van der Waals surface area contributed by atoms with Crippen LogP contribution in [-0.4, -0.2) is 19.6 Å². The minimum atomic E-state index is -0.642. The highest BCUT2D eigenvalue weighted by atomic mass is 19.1. The minimum Gasteiger partial charge on any atom is -0.315 e. The molecule has 0 N–H and O–H groups in total. The van der Waals surface area contributed by atoms with Crippen LogP contribution in [0, 0.1) is 5.92 Å². The third-order valence-corrected chi connectivity index (χ3v) is 4.01. The van der Waals surface area contributed by atoms with Crippen LogP contribution >= 0.6 is 0 Å². The molecule has 1 aliphatic heterocycles. The number of halogens is 1. The number of alkyl halides is 1. The minimum absolute atomic E-state index is 0.153. The van der Waals surface area contributed by atoms with Crippen LogP contribution in [0.5, 0.6) is 0 Å². The van der Waals surface area contributed by atoms with Gasteiger partial charge in [0.2, 0.25) is 5.91 Å². The summed E-state index contributed by atoms with van der Waals surface area (Å²) in [6.45, 7) is -0.642. The summed E-state index contributed by atoms with van der Waals surface area (Å²) >= 11 is 0. The van der Waals surface area contributed by atoms with Gasteiger partial charge in [-0.15, -0.1) is 0 Å². The maximum Gasteiger partial charge on any atom is 0.233 e. The normalized spacial score (nSPS) is 21.7. The van der Waals surface area contributed by atoms with E-state index in [1.54, 1.807) is 11.9 Å². The summed E-state index contributed by atoms with van der Waals surface area (Å²) in [4.78, 5) is 14.0. The number of carbonyl (C=O) groups is 1. The van der Waals surface area contributed by atoms with Crippen LogP contribution in [0.4, 0.5) is 10.1 Å². The van der Waals surface area contributed by atoms with Crippen molar-refractivity contribution in [2.75, 3.05) is 18.6 Å². The molecule has 0 saturated heterocycles. The second kappa shape index (κ2) is 5.08. The van der Waals surface area contributed by atoms with E-state index in [1.807, 2.05) is 54.6 Å². The largest absolute Gasteiger partial charge is 0.315 e. The van der Waals surface area contributed by atoms with Gasteiger partial charge in [-0.05, 0) is 17.2 Å². The fraction of sp³-hybridized carbons (Fsp3) is 0.235. The number of para-hydroxylation sites is 1. The van der Waals surface area contributed by atoms with E-state index < -0.39 is 12.6 Å². The molecular weight excluding hydrogens is 253 g/mol. The van der Waals surface area contributed by atoms with Gasteiger partial charge in [-0.3, -0.25) is 9.18 Å². The van der Waals surface area contributed by atoms with Gasteiger partial charge < -0.3 is 4.90 Å². The van der Waals surface area contributed by atoms with E-state index in [1.165, 1.54) is 0 Å². The molecule has 0 aliphatic carbocycles. The standard InChI is InChI=1S/C17H16FNO/c1-19-15-10-6-5-9-13(15)16(14(11-18)17(19)20)12-7-3-2-4-8-12/h2-10,14,16H,11H2,1H3. The molecule has 2 atom stereocenters. The third kappa shape index (κ3) is 1.90.